The Morgan fingerprint density at radius 2 is 1.40 bits per heavy atom. The zero-order valence-corrected chi connectivity index (χ0v) is 16.8. The second-order valence-corrected chi connectivity index (χ2v) is 7.36. The Kier molecular flexibility index (Phi) is 5.11. The summed E-state index contributed by atoms with van der Waals surface area (Å²) in [7, 11) is 3.89. The molecule has 3 aromatic carbocycles. The van der Waals surface area contributed by atoms with Crippen molar-refractivity contribution in [2.24, 2.45) is 0 Å². The number of nitrogens with zero attached hydrogens (tertiary/aromatic N) is 2. The highest BCUT2D eigenvalue weighted by atomic mass is 16.3. The van der Waals surface area contributed by atoms with E-state index in [1.165, 1.54) is 4.90 Å². The number of carbonyl (C=O) groups excluding carboxylic acids is 2. The van der Waals surface area contributed by atoms with Gasteiger partial charge in [0.15, 0.2) is 0 Å². The maximum Gasteiger partial charge on any atom is 0.300 e. The molecule has 1 atom stereocenters. The number of carbonyl (C=O) groups is 2. The average Bonchev–Trinajstić information content (AvgIpc) is 3.05. The van der Waals surface area contributed by atoms with Gasteiger partial charge in [-0.25, -0.2) is 0 Å². The van der Waals surface area contributed by atoms with E-state index in [-0.39, 0.29) is 11.3 Å². The van der Waals surface area contributed by atoms with Gasteiger partial charge >= 0.3 is 0 Å². The van der Waals surface area contributed by atoms with Crippen molar-refractivity contribution in [3.05, 3.63) is 102 Å². The fourth-order valence-electron chi connectivity index (χ4n) is 3.71. The van der Waals surface area contributed by atoms with Gasteiger partial charge in [0.2, 0.25) is 0 Å². The summed E-state index contributed by atoms with van der Waals surface area (Å²) in [5.74, 6) is -1.52. The fraction of sp³-hybridized carbons (Fsp3) is 0.120. The molecule has 0 bridgehead atoms. The average molecular weight is 398 g/mol. The van der Waals surface area contributed by atoms with Crippen LogP contribution in [0.25, 0.3) is 5.76 Å². The summed E-state index contributed by atoms with van der Waals surface area (Å²) in [4.78, 5) is 29.5. The molecule has 1 aliphatic rings. The highest BCUT2D eigenvalue weighted by Crippen LogP contribution is 2.42. The topological polar surface area (TPSA) is 60.9 Å². The molecule has 5 nitrogen and oxygen atoms in total. The monoisotopic (exact) mass is 398 g/mol. The van der Waals surface area contributed by atoms with Crippen LogP contribution in [0.2, 0.25) is 0 Å². The van der Waals surface area contributed by atoms with Gasteiger partial charge in [0.25, 0.3) is 11.7 Å². The summed E-state index contributed by atoms with van der Waals surface area (Å²) in [5.41, 5.74) is 2.94. The van der Waals surface area contributed by atoms with E-state index in [1.807, 2.05) is 67.5 Å². The second kappa shape index (κ2) is 7.87. The number of hydrogen-bond donors (Lipinski definition) is 1. The highest BCUT2D eigenvalue weighted by molar-refractivity contribution is 6.51. The van der Waals surface area contributed by atoms with Gasteiger partial charge in [-0.3, -0.25) is 14.5 Å². The number of benzene rings is 3. The summed E-state index contributed by atoms with van der Waals surface area (Å²) in [5, 5.41) is 11.0. The van der Waals surface area contributed by atoms with E-state index in [4.69, 9.17) is 0 Å². The van der Waals surface area contributed by atoms with E-state index in [0.29, 0.717) is 11.3 Å². The molecule has 1 fully saturated rings. The first-order chi connectivity index (χ1) is 14.5. The van der Waals surface area contributed by atoms with E-state index in [2.05, 4.69) is 0 Å². The van der Waals surface area contributed by atoms with Crippen molar-refractivity contribution < 1.29 is 14.7 Å². The molecule has 1 aliphatic heterocycles. The van der Waals surface area contributed by atoms with E-state index in [0.717, 1.165) is 11.3 Å². The Bertz CT molecular complexity index is 1100. The lowest BCUT2D eigenvalue weighted by molar-refractivity contribution is -0.132. The first-order valence-electron chi connectivity index (χ1n) is 9.68. The molecule has 1 amide bonds. The summed E-state index contributed by atoms with van der Waals surface area (Å²) in [6, 6.07) is 24.8. The number of anilines is 2. The van der Waals surface area contributed by atoms with Gasteiger partial charge in [0, 0.05) is 31.0 Å². The van der Waals surface area contributed by atoms with Crippen LogP contribution in [0.4, 0.5) is 11.4 Å². The molecule has 5 heteroatoms. The Labute approximate surface area is 175 Å². The van der Waals surface area contributed by atoms with Crippen molar-refractivity contribution in [3.63, 3.8) is 0 Å². The maximum atomic E-state index is 13.0. The Hall–Kier alpha value is -3.86. The van der Waals surface area contributed by atoms with Crippen molar-refractivity contribution >= 4 is 28.8 Å². The first-order valence-corrected chi connectivity index (χ1v) is 9.68. The molecule has 1 heterocycles. The normalized spacial score (nSPS) is 17.9. The lowest BCUT2D eigenvalue weighted by atomic mass is 9.95. The largest absolute Gasteiger partial charge is 0.507 e. The van der Waals surface area contributed by atoms with Crippen LogP contribution in [0.1, 0.15) is 17.2 Å². The van der Waals surface area contributed by atoms with E-state index >= 15 is 0 Å². The summed E-state index contributed by atoms with van der Waals surface area (Å²) < 4.78 is 0. The van der Waals surface area contributed by atoms with Gasteiger partial charge in [-0.05, 0) is 29.8 Å². The molecule has 1 saturated heterocycles. The van der Waals surface area contributed by atoms with Crippen molar-refractivity contribution in [1.82, 2.24) is 0 Å². The third-order valence-corrected chi connectivity index (χ3v) is 5.25. The molecule has 0 aromatic heterocycles. The van der Waals surface area contributed by atoms with Crippen LogP contribution in [0.5, 0.6) is 0 Å². The molecule has 4 rings (SSSR count). The lowest BCUT2D eigenvalue weighted by Crippen LogP contribution is -2.29. The van der Waals surface area contributed by atoms with Crippen molar-refractivity contribution in [2.45, 2.75) is 6.04 Å². The molecule has 0 spiro atoms. The van der Waals surface area contributed by atoms with Crippen LogP contribution in [0.3, 0.4) is 0 Å². The van der Waals surface area contributed by atoms with Crippen LogP contribution < -0.4 is 9.80 Å². The molecular weight excluding hydrogens is 376 g/mol. The Morgan fingerprint density at radius 1 is 0.833 bits per heavy atom. The number of ketones is 1. The van der Waals surface area contributed by atoms with Gasteiger partial charge in [0.1, 0.15) is 5.76 Å². The number of Topliss-reactive ketones (excluding diaryl/α,β-unsaturated/α-hetero) is 1. The minimum Gasteiger partial charge on any atom is -0.507 e. The predicted molar refractivity (Wildman–Crippen MR) is 118 cm³/mol. The Balaban J connectivity index is 1.92. The predicted octanol–water partition coefficient (Wildman–Crippen LogP) is 4.38. The minimum atomic E-state index is -0.719. The van der Waals surface area contributed by atoms with Crippen molar-refractivity contribution in [3.8, 4) is 0 Å². The zero-order valence-electron chi connectivity index (χ0n) is 16.8. The number of para-hydroxylation sites is 1. The number of rotatable bonds is 4. The fourth-order valence-corrected chi connectivity index (χ4v) is 3.71. The maximum absolute atomic E-state index is 13.0. The van der Waals surface area contributed by atoms with E-state index < -0.39 is 17.7 Å². The van der Waals surface area contributed by atoms with Gasteiger partial charge in [0.05, 0.1) is 11.6 Å². The number of aliphatic hydroxyl groups excluding tert-OH is 1. The molecule has 150 valence electrons. The molecule has 3 aromatic rings. The van der Waals surface area contributed by atoms with Gasteiger partial charge in [-0.1, -0.05) is 60.7 Å². The Morgan fingerprint density at radius 3 is 1.97 bits per heavy atom. The van der Waals surface area contributed by atoms with Crippen LogP contribution in [0.15, 0.2) is 90.5 Å². The van der Waals surface area contributed by atoms with E-state index in [9.17, 15) is 14.7 Å². The van der Waals surface area contributed by atoms with Gasteiger partial charge < -0.3 is 10.0 Å². The molecule has 1 N–H and O–H groups in total. The van der Waals surface area contributed by atoms with Crippen molar-refractivity contribution in [1.29, 1.82) is 0 Å². The minimum absolute atomic E-state index is 0.0904. The molecule has 0 saturated carbocycles. The summed E-state index contributed by atoms with van der Waals surface area (Å²) in [6.45, 7) is 0. The standard InChI is InChI=1S/C25H22N2O3/c1-26(2)19-15-13-17(14-16-19)22-21(23(28)18-9-5-3-6-10-18)24(29)25(30)27(22)20-11-7-4-8-12-20/h3-16,22,28H,1-2H3/b23-21-/t22-/m0/s1. The third kappa shape index (κ3) is 3.35. The molecule has 0 radical (unpaired) electrons. The first kappa shape index (κ1) is 19.5. The molecule has 30 heavy (non-hydrogen) atoms. The van der Waals surface area contributed by atoms with Crippen molar-refractivity contribution in [2.75, 3.05) is 23.9 Å². The van der Waals surface area contributed by atoms with Gasteiger partial charge in [-0.2, -0.15) is 0 Å². The van der Waals surface area contributed by atoms with Crippen LogP contribution >= 0.6 is 0 Å². The smallest absolute Gasteiger partial charge is 0.300 e. The van der Waals surface area contributed by atoms with E-state index in [1.54, 1.807) is 36.4 Å². The summed E-state index contributed by atoms with van der Waals surface area (Å²) >= 11 is 0. The highest BCUT2D eigenvalue weighted by Gasteiger charge is 2.46. The van der Waals surface area contributed by atoms with Crippen LogP contribution in [-0.2, 0) is 9.59 Å². The second-order valence-electron chi connectivity index (χ2n) is 7.36. The SMILES string of the molecule is CN(C)c1ccc([C@H]2/C(=C(/O)c3ccccc3)C(=O)C(=O)N2c2ccccc2)cc1. The summed E-state index contributed by atoms with van der Waals surface area (Å²) in [6.07, 6.45) is 0. The van der Waals surface area contributed by atoms with Gasteiger partial charge in [-0.15, -0.1) is 0 Å². The molecular formula is C25H22N2O3. The number of hydrogen-bond acceptors (Lipinski definition) is 4. The third-order valence-electron chi connectivity index (χ3n) is 5.25. The molecule has 0 unspecified atom stereocenters. The van der Waals surface area contributed by atoms with Crippen LogP contribution in [-0.4, -0.2) is 30.9 Å². The lowest BCUT2D eigenvalue weighted by Gasteiger charge is -2.26. The molecule has 0 aliphatic carbocycles. The number of aliphatic hydroxyl groups is 1. The quantitative estimate of drug-likeness (QED) is 0.403. The van der Waals surface area contributed by atoms with Crippen LogP contribution in [0, 0.1) is 0 Å². The zero-order chi connectivity index (χ0) is 21.3. The number of amides is 1.